The molecule has 4 rings (SSSR count). The second-order valence-electron chi connectivity index (χ2n) is 7.84. The van der Waals surface area contributed by atoms with Crippen molar-refractivity contribution in [3.8, 4) is 0 Å². The zero-order valence-corrected chi connectivity index (χ0v) is 16.5. The maximum atomic E-state index is 13.1. The van der Waals surface area contributed by atoms with E-state index in [1.807, 2.05) is 18.2 Å². The third-order valence-electron chi connectivity index (χ3n) is 5.89. The number of nitrogens with zero attached hydrogens (tertiary/aromatic N) is 4. The SMILES string of the molecule is O=CN1CCN(C(=O)c2nc(C(=O)NC3CCCCCC3)n3ccccc23)CC1. The number of hydrogen-bond acceptors (Lipinski definition) is 4. The molecule has 1 saturated carbocycles. The highest BCUT2D eigenvalue weighted by Crippen LogP contribution is 2.19. The van der Waals surface area contributed by atoms with Crippen LogP contribution in [0.2, 0.25) is 0 Å². The molecular formula is C21H27N5O3. The normalized spacial score (nSPS) is 18.5. The number of amides is 3. The molecule has 8 nitrogen and oxygen atoms in total. The summed E-state index contributed by atoms with van der Waals surface area (Å²) >= 11 is 0. The average molecular weight is 397 g/mol. The molecule has 2 fully saturated rings. The minimum atomic E-state index is -0.233. The average Bonchev–Trinajstić information content (AvgIpc) is 2.96. The van der Waals surface area contributed by atoms with E-state index < -0.39 is 0 Å². The van der Waals surface area contributed by atoms with E-state index in [1.54, 1.807) is 20.4 Å². The van der Waals surface area contributed by atoms with Crippen molar-refractivity contribution < 1.29 is 14.4 Å². The van der Waals surface area contributed by atoms with E-state index in [0.717, 1.165) is 32.1 Å². The lowest BCUT2D eigenvalue weighted by molar-refractivity contribution is -0.119. The lowest BCUT2D eigenvalue weighted by Crippen LogP contribution is -2.48. The van der Waals surface area contributed by atoms with Crippen molar-refractivity contribution in [3.05, 3.63) is 35.9 Å². The Kier molecular flexibility index (Phi) is 5.78. The predicted octanol–water partition coefficient (Wildman–Crippen LogP) is 1.70. The van der Waals surface area contributed by atoms with Crippen LogP contribution in [0.1, 0.15) is 59.6 Å². The molecule has 8 heteroatoms. The zero-order valence-electron chi connectivity index (χ0n) is 16.5. The van der Waals surface area contributed by atoms with Crippen molar-refractivity contribution in [2.45, 2.75) is 44.6 Å². The van der Waals surface area contributed by atoms with E-state index in [4.69, 9.17) is 0 Å². The first-order valence-corrected chi connectivity index (χ1v) is 10.4. The van der Waals surface area contributed by atoms with E-state index in [1.165, 1.54) is 12.8 Å². The molecule has 0 atom stereocenters. The molecule has 1 aliphatic carbocycles. The summed E-state index contributed by atoms with van der Waals surface area (Å²) in [5, 5.41) is 3.12. The Morgan fingerprint density at radius 3 is 2.45 bits per heavy atom. The first kappa shape index (κ1) is 19.4. The van der Waals surface area contributed by atoms with Gasteiger partial charge in [0.25, 0.3) is 11.8 Å². The Balaban J connectivity index is 1.57. The van der Waals surface area contributed by atoms with Gasteiger partial charge in [-0.1, -0.05) is 31.7 Å². The Labute approximate surface area is 169 Å². The summed E-state index contributed by atoms with van der Waals surface area (Å²) < 4.78 is 1.70. The highest BCUT2D eigenvalue weighted by atomic mass is 16.2. The van der Waals surface area contributed by atoms with Crippen LogP contribution in [0.5, 0.6) is 0 Å². The standard InChI is InChI=1S/C21H27N5O3/c27-15-24-11-13-25(14-12-24)21(29)18-17-9-5-6-10-26(17)19(23-18)20(28)22-16-7-3-1-2-4-8-16/h5-6,9-10,15-16H,1-4,7-8,11-14H2,(H,22,28). The van der Waals surface area contributed by atoms with Gasteiger partial charge in [0.2, 0.25) is 12.2 Å². The molecule has 2 aromatic rings. The van der Waals surface area contributed by atoms with Crippen molar-refractivity contribution in [2.24, 2.45) is 0 Å². The molecule has 29 heavy (non-hydrogen) atoms. The fraction of sp³-hybridized carbons (Fsp3) is 0.524. The minimum absolute atomic E-state index is 0.164. The van der Waals surface area contributed by atoms with Gasteiger partial charge in [0, 0.05) is 38.4 Å². The van der Waals surface area contributed by atoms with Crippen LogP contribution in [0.15, 0.2) is 24.4 Å². The molecule has 2 aromatic heterocycles. The van der Waals surface area contributed by atoms with Gasteiger partial charge in [0.1, 0.15) is 0 Å². The quantitative estimate of drug-likeness (QED) is 0.628. The van der Waals surface area contributed by atoms with Crippen LogP contribution in [-0.4, -0.2) is 69.6 Å². The van der Waals surface area contributed by atoms with Crippen molar-refractivity contribution >= 4 is 23.7 Å². The molecule has 0 spiro atoms. The summed E-state index contributed by atoms with van der Waals surface area (Å²) in [6.45, 7) is 1.95. The largest absolute Gasteiger partial charge is 0.347 e. The third-order valence-corrected chi connectivity index (χ3v) is 5.89. The topological polar surface area (TPSA) is 87.0 Å². The first-order chi connectivity index (χ1) is 14.2. The van der Waals surface area contributed by atoms with Crippen molar-refractivity contribution in [2.75, 3.05) is 26.2 Å². The molecule has 1 aliphatic heterocycles. The van der Waals surface area contributed by atoms with Crippen molar-refractivity contribution in [3.63, 3.8) is 0 Å². The maximum absolute atomic E-state index is 13.1. The van der Waals surface area contributed by atoms with Gasteiger partial charge in [-0.3, -0.25) is 18.8 Å². The van der Waals surface area contributed by atoms with E-state index in [9.17, 15) is 14.4 Å². The van der Waals surface area contributed by atoms with Gasteiger partial charge < -0.3 is 15.1 Å². The number of nitrogens with one attached hydrogen (secondary N) is 1. The Morgan fingerprint density at radius 1 is 1.03 bits per heavy atom. The first-order valence-electron chi connectivity index (χ1n) is 10.4. The van der Waals surface area contributed by atoms with Crippen LogP contribution in [-0.2, 0) is 4.79 Å². The number of imidazole rings is 1. The number of carbonyl (C=O) groups excluding carboxylic acids is 3. The maximum Gasteiger partial charge on any atom is 0.287 e. The summed E-state index contributed by atoms with van der Waals surface area (Å²) in [6, 6.07) is 5.64. The van der Waals surface area contributed by atoms with Gasteiger partial charge >= 0.3 is 0 Å². The number of aromatic nitrogens is 2. The molecule has 0 radical (unpaired) electrons. The summed E-state index contributed by atoms with van der Waals surface area (Å²) in [7, 11) is 0. The van der Waals surface area contributed by atoms with E-state index in [0.29, 0.717) is 31.7 Å². The third kappa shape index (κ3) is 4.11. The van der Waals surface area contributed by atoms with Crippen molar-refractivity contribution in [1.82, 2.24) is 24.5 Å². The molecule has 2 aliphatic rings. The molecule has 154 valence electrons. The van der Waals surface area contributed by atoms with Crippen LogP contribution in [0.4, 0.5) is 0 Å². The smallest absolute Gasteiger partial charge is 0.287 e. The van der Waals surface area contributed by atoms with Crippen LogP contribution in [0, 0.1) is 0 Å². The molecule has 1 saturated heterocycles. The minimum Gasteiger partial charge on any atom is -0.347 e. The molecule has 3 amide bonds. The number of piperazine rings is 1. The lowest BCUT2D eigenvalue weighted by Gasteiger charge is -2.32. The van der Waals surface area contributed by atoms with Gasteiger partial charge in [-0.05, 0) is 25.0 Å². The molecular weight excluding hydrogens is 370 g/mol. The van der Waals surface area contributed by atoms with E-state index in [2.05, 4.69) is 10.3 Å². The van der Waals surface area contributed by atoms with Crippen LogP contribution in [0.25, 0.3) is 5.52 Å². The molecule has 0 aromatic carbocycles. The highest BCUT2D eigenvalue weighted by Gasteiger charge is 2.28. The van der Waals surface area contributed by atoms with Crippen LogP contribution in [0.3, 0.4) is 0 Å². The molecule has 0 unspecified atom stereocenters. The van der Waals surface area contributed by atoms with E-state index >= 15 is 0 Å². The number of hydrogen-bond donors (Lipinski definition) is 1. The Hall–Kier alpha value is -2.90. The summed E-state index contributed by atoms with van der Waals surface area (Å²) in [5.41, 5.74) is 0.914. The Morgan fingerprint density at radius 2 is 1.76 bits per heavy atom. The summed E-state index contributed by atoms with van der Waals surface area (Å²) in [4.78, 5) is 44.8. The monoisotopic (exact) mass is 397 g/mol. The molecule has 3 heterocycles. The number of carbonyl (C=O) groups is 3. The predicted molar refractivity (Wildman–Crippen MR) is 108 cm³/mol. The number of pyridine rings is 1. The second kappa shape index (κ2) is 8.63. The van der Waals surface area contributed by atoms with Gasteiger partial charge in [0.15, 0.2) is 5.69 Å². The van der Waals surface area contributed by atoms with Crippen molar-refractivity contribution in [1.29, 1.82) is 0 Å². The fourth-order valence-electron chi connectivity index (χ4n) is 4.21. The highest BCUT2D eigenvalue weighted by molar-refractivity contribution is 6.02. The van der Waals surface area contributed by atoms with Gasteiger partial charge in [-0.2, -0.15) is 0 Å². The van der Waals surface area contributed by atoms with Gasteiger partial charge in [-0.15, -0.1) is 0 Å². The van der Waals surface area contributed by atoms with Gasteiger partial charge in [-0.25, -0.2) is 4.98 Å². The van der Waals surface area contributed by atoms with E-state index in [-0.39, 0.29) is 29.4 Å². The molecule has 1 N–H and O–H groups in total. The summed E-state index contributed by atoms with van der Waals surface area (Å²) in [5.74, 6) is -0.185. The zero-order chi connectivity index (χ0) is 20.2. The number of rotatable bonds is 4. The van der Waals surface area contributed by atoms with Crippen LogP contribution < -0.4 is 5.32 Å². The second-order valence-corrected chi connectivity index (χ2v) is 7.84. The fourth-order valence-corrected chi connectivity index (χ4v) is 4.21. The van der Waals surface area contributed by atoms with Gasteiger partial charge in [0.05, 0.1) is 5.52 Å². The Bertz CT molecular complexity index is 893. The molecule has 0 bridgehead atoms. The lowest BCUT2D eigenvalue weighted by atomic mass is 10.1. The summed E-state index contributed by atoms with van der Waals surface area (Å²) in [6.07, 6.45) is 9.25. The number of fused-ring (bicyclic) bond motifs is 1. The van der Waals surface area contributed by atoms with Crippen LogP contribution >= 0.6 is 0 Å².